The van der Waals surface area contributed by atoms with E-state index < -0.39 is 0 Å². The van der Waals surface area contributed by atoms with Gasteiger partial charge in [0.1, 0.15) is 5.75 Å². The molecule has 0 radical (unpaired) electrons. The smallest absolute Gasteiger partial charge is 0.344 e. The molecule has 0 heterocycles. The van der Waals surface area contributed by atoms with Gasteiger partial charge in [-0.2, -0.15) is 0 Å². The normalized spacial score (nSPS) is 10.0. The van der Waals surface area contributed by atoms with E-state index in [0.717, 1.165) is 18.4 Å². The van der Waals surface area contributed by atoms with E-state index in [9.17, 15) is 4.79 Å². The number of hydrogen-bond donors (Lipinski definition) is 1. The van der Waals surface area contributed by atoms with E-state index in [1.54, 1.807) is 12.1 Å². The van der Waals surface area contributed by atoms with Crippen LogP contribution < -0.4 is 10.5 Å². The number of rotatable bonds is 6. The van der Waals surface area contributed by atoms with Crippen LogP contribution in [0, 0.1) is 6.92 Å². The van der Waals surface area contributed by atoms with Gasteiger partial charge in [-0.25, -0.2) is 4.79 Å². The van der Waals surface area contributed by atoms with Crippen LogP contribution in [-0.2, 0) is 9.53 Å². The van der Waals surface area contributed by atoms with Gasteiger partial charge >= 0.3 is 5.97 Å². The fourth-order valence-corrected chi connectivity index (χ4v) is 1.28. The van der Waals surface area contributed by atoms with Crippen LogP contribution in [0.25, 0.3) is 0 Å². The van der Waals surface area contributed by atoms with Crippen molar-refractivity contribution in [2.24, 2.45) is 0 Å². The van der Waals surface area contributed by atoms with E-state index in [-0.39, 0.29) is 12.6 Å². The van der Waals surface area contributed by atoms with Crippen molar-refractivity contribution in [3.8, 4) is 5.75 Å². The van der Waals surface area contributed by atoms with E-state index in [1.165, 1.54) is 0 Å². The Bertz CT molecular complexity index is 377. The van der Waals surface area contributed by atoms with Crippen LogP contribution in [0.3, 0.4) is 0 Å². The number of nitrogen functional groups attached to an aromatic ring is 1. The van der Waals surface area contributed by atoms with Crippen LogP contribution in [0.1, 0.15) is 25.3 Å². The van der Waals surface area contributed by atoms with E-state index in [4.69, 9.17) is 15.2 Å². The lowest BCUT2D eigenvalue weighted by Crippen LogP contribution is -2.15. The van der Waals surface area contributed by atoms with E-state index in [0.29, 0.717) is 18.0 Å². The van der Waals surface area contributed by atoms with Crippen molar-refractivity contribution in [1.29, 1.82) is 0 Å². The quantitative estimate of drug-likeness (QED) is 0.468. The lowest BCUT2D eigenvalue weighted by Gasteiger charge is -2.09. The molecule has 0 spiro atoms. The second-order valence-corrected chi connectivity index (χ2v) is 3.89. The molecular formula is C13H19NO3. The number of carbonyl (C=O) groups is 1. The molecule has 1 aromatic rings. The molecule has 0 fully saturated rings. The maximum absolute atomic E-state index is 11.3. The van der Waals surface area contributed by atoms with Gasteiger partial charge in [-0.15, -0.1) is 0 Å². The van der Waals surface area contributed by atoms with Crippen molar-refractivity contribution < 1.29 is 14.3 Å². The Morgan fingerprint density at radius 3 is 2.88 bits per heavy atom. The minimum atomic E-state index is -0.347. The van der Waals surface area contributed by atoms with Crippen LogP contribution in [0.4, 0.5) is 5.69 Å². The van der Waals surface area contributed by atoms with Crippen LogP contribution in [0.2, 0.25) is 0 Å². The first kappa shape index (κ1) is 13.4. The van der Waals surface area contributed by atoms with Crippen molar-refractivity contribution in [1.82, 2.24) is 0 Å². The molecule has 0 saturated heterocycles. The summed E-state index contributed by atoms with van der Waals surface area (Å²) < 4.78 is 10.3. The third kappa shape index (κ3) is 4.76. The minimum Gasteiger partial charge on any atom is -0.482 e. The molecule has 0 bridgehead atoms. The summed E-state index contributed by atoms with van der Waals surface area (Å²) in [6.07, 6.45) is 1.88. The van der Waals surface area contributed by atoms with Crippen molar-refractivity contribution in [3.63, 3.8) is 0 Å². The van der Waals surface area contributed by atoms with Crippen LogP contribution >= 0.6 is 0 Å². The van der Waals surface area contributed by atoms with Gasteiger partial charge in [-0.05, 0) is 25.0 Å². The number of benzene rings is 1. The van der Waals surface area contributed by atoms with Crippen molar-refractivity contribution in [2.75, 3.05) is 18.9 Å². The van der Waals surface area contributed by atoms with Gasteiger partial charge in [0.15, 0.2) is 6.61 Å². The topological polar surface area (TPSA) is 61.5 Å². The first-order chi connectivity index (χ1) is 8.13. The molecule has 17 heavy (non-hydrogen) atoms. The standard InChI is InChI=1S/C13H19NO3/c1-3-4-7-16-13(15)9-17-12-8-11(14)6-5-10(12)2/h5-6,8H,3-4,7,9,14H2,1-2H3. The SMILES string of the molecule is CCCCOC(=O)COc1cc(N)ccc1C. The molecule has 0 aromatic heterocycles. The number of esters is 1. The van der Waals surface area contributed by atoms with Gasteiger partial charge in [-0.3, -0.25) is 0 Å². The summed E-state index contributed by atoms with van der Waals surface area (Å²) in [7, 11) is 0. The number of nitrogens with two attached hydrogens (primary N) is 1. The zero-order valence-electron chi connectivity index (χ0n) is 10.4. The molecule has 1 aromatic carbocycles. The Hall–Kier alpha value is -1.71. The molecule has 0 aliphatic heterocycles. The van der Waals surface area contributed by atoms with Crippen LogP contribution in [0.15, 0.2) is 18.2 Å². The molecule has 0 aliphatic carbocycles. The highest BCUT2D eigenvalue weighted by Gasteiger charge is 2.06. The van der Waals surface area contributed by atoms with Gasteiger partial charge in [0.05, 0.1) is 6.61 Å². The lowest BCUT2D eigenvalue weighted by atomic mass is 10.2. The van der Waals surface area contributed by atoms with E-state index in [1.807, 2.05) is 19.9 Å². The van der Waals surface area contributed by atoms with Gasteiger partial charge in [0, 0.05) is 11.8 Å². The number of carbonyl (C=O) groups excluding carboxylic acids is 1. The lowest BCUT2D eigenvalue weighted by molar-refractivity contribution is -0.146. The van der Waals surface area contributed by atoms with Gasteiger partial charge in [0.25, 0.3) is 0 Å². The molecule has 0 atom stereocenters. The first-order valence-corrected chi connectivity index (χ1v) is 5.78. The second kappa shape index (κ2) is 6.78. The Morgan fingerprint density at radius 2 is 2.18 bits per heavy atom. The number of ether oxygens (including phenoxy) is 2. The van der Waals surface area contributed by atoms with Gasteiger partial charge in [0.2, 0.25) is 0 Å². The molecule has 0 amide bonds. The predicted octanol–water partition coefficient (Wildman–Crippen LogP) is 2.30. The average Bonchev–Trinajstić information content (AvgIpc) is 2.31. The number of hydrogen-bond acceptors (Lipinski definition) is 4. The van der Waals surface area contributed by atoms with Crippen LogP contribution in [0.5, 0.6) is 5.75 Å². The summed E-state index contributed by atoms with van der Waals surface area (Å²) in [6.45, 7) is 4.32. The van der Waals surface area contributed by atoms with Crippen molar-refractivity contribution >= 4 is 11.7 Å². The van der Waals surface area contributed by atoms with Crippen molar-refractivity contribution in [2.45, 2.75) is 26.7 Å². The summed E-state index contributed by atoms with van der Waals surface area (Å²) in [5.41, 5.74) is 7.20. The number of aryl methyl sites for hydroxylation is 1. The summed E-state index contributed by atoms with van der Waals surface area (Å²) in [6, 6.07) is 5.35. The molecule has 0 saturated carbocycles. The molecule has 0 unspecified atom stereocenters. The second-order valence-electron chi connectivity index (χ2n) is 3.89. The molecule has 4 heteroatoms. The predicted molar refractivity (Wildman–Crippen MR) is 67.0 cm³/mol. The molecule has 0 aliphatic rings. The maximum atomic E-state index is 11.3. The fraction of sp³-hybridized carbons (Fsp3) is 0.462. The summed E-state index contributed by atoms with van der Waals surface area (Å²) >= 11 is 0. The highest BCUT2D eigenvalue weighted by Crippen LogP contribution is 2.20. The molecule has 2 N–H and O–H groups in total. The molecule has 94 valence electrons. The maximum Gasteiger partial charge on any atom is 0.344 e. The Labute approximate surface area is 102 Å². The fourth-order valence-electron chi connectivity index (χ4n) is 1.28. The highest BCUT2D eigenvalue weighted by molar-refractivity contribution is 5.71. The van der Waals surface area contributed by atoms with E-state index in [2.05, 4.69) is 0 Å². The molecule has 4 nitrogen and oxygen atoms in total. The Kier molecular flexibility index (Phi) is 5.33. The third-order valence-corrected chi connectivity index (χ3v) is 2.32. The zero-order chi connectivity index (χ0) is 12.7. The monoisotopic (exact) mass is 237 g/mol. The number of anilines is 1. The Morgan fingerprint density at radius 1 is 1.41 bits per heavy atom. The first-order valence-electron chi connectivity index (χ1n) is 5.78. The molecular weight excluding hydrogens is 218 g/mol. The minimum absolute atomic E-state index is 0.0754. The molecule has 1 rings (SSSR count). The summed E-state index contributed by atoms with van der Waals surface area (Å²) in [4.78, 5) is 11.3. The number of unbranched alkanes of at least 4 members (excludes halogenated alkanes) is 1. The van der Waals surface area contributed by atoms with Crippen LogP contribution in [-0.4, -0.2) is 19.2 Å². The van der Waals surface area contributed by atoms with Crippen molar-refractivity contribution in [3.05, 3.63) is 23.8 Å². The summed E-state index contributed by atoms with van der Waals surface area (Å²) in [5.74, 6) is 0.276. The van der Waals surface area contributed by atoms with E-state index >= 15 is 0 Å². The third-order valence-electron chi connectivity index (χ3n) is 2.32. The van der Waals surface area contributed by atoms with Gasteiger partial charge < -0.3 is 15.2 Å². The zero-order valence-corrected chi connectivity index (χ0v) is 10.4. The summed E-state index contributed by atoms with van der Waals surface area (Å²) in [5, 5.41) is 0. The largest absolute Gasteiger partial charge is 0.482 e. The average molecular weight is 237 g/mol. The van der Waals surface area contributed by atoms with Gasteiger partial charge in [-0.1, -0.05) is 19.4 Å². The Balaban J connectivity index is 2.39. The highest BCUT2D eigenvalue weighted by atomic mass is 16.6.